The van der Waals surface area contributed by atoms with E-state index in [1.807, 2.05) is 0 Å². The highest BCUT2D eigenvalue weighted by atomic mass is 19.1. The average molecular weight is 395 g/mol. The zero-order valence-corrected chi connectivity index (χ0v) is 16.7. The smallest absolute Gasteiger partial charge is 0.220 e. The standard InChI is InChI=1S/C22H26FN5O/c1-22(2)11-19(27-16-5-3-4-15(23)10-16)18(13-24)20(12-22)28-21(29)7-6-17-14-25-8-9-26-17/h3-5,8-10,13-14,20H,6-7,11-12,24H2,1-2H3,(H,28,29). The number of aryl methyl sites for hydroxylation is 1. The summed E-state index contributed by atoms with van der Waals surface area (Å²) in [6.45, 7) is 4.25. The normalized spacial score (nSPS) is 21.3. The SMILES string of the molecule is CC1(C)CC(=Nc2cccc(F)c2)C(=CN)C(NC(=O)CCc2cnccn2)C1. The number of benzene rings is 1. The Labute approximate surface area is 170 Å². The monoisotopic (exact) mass is 395 g/mol. The minimum atomic E-state index is -0.339. The molecule has 0 spiro atoms. The second kappa shape index (κ2) is 8.94. The van der Waals surface area contributed by atoms with Crippen LogP contribution in [0.2, 0.25) is 0 Å². The predicted molar refractivity (Wildman–Crippen MR) is 111 cm³/mol. The third kappa shape index (κ3) is 5.70. The first-order chi connectivity index (χ1) is 13.9. The van der Waals surface area contributed by atoms with Crippen molar-refractivity contribution in [3.8, 4) is 0 Å². The van der Waals surface area contributed by atoms with E-state index >= 15 is 0 Å². The first kappa shape index (κ1) is 20.6. The van der Waals surface area contributed by atoms with Gasteiger partial charge in [-0.2, -0.15) is 0 Å². The molecule has 0 bridgehead atoms. The summed E-state index contributed by atoms with van der Waals surface area (Å²) >= 11 is 0. The number of nitrogens with two attached hydrogens (primary N) is 1. The molecule has 1 aromatic carbocycles. The van der Waals surface area contributed by atoms with Gasteiger partial charge in [0.2, 0.25) is 5.91 Å². The Balaban J connectivity index is 1.75. The lowest BCUT2D eigenvalue weighted by Gasteiger charge is -2.38. The van der Waals surface area contributed by atoms with Crippen molar-refractivity contribution in [1.29, 1.82) is 0 Å². The van der Waals surface area contributed by atoms with Crippen LogP contribution in [0.25, 0.3) is 0 Å². The van der Waals surface area contributed by atoms with E-state index in [0.29, 0.717) is 24.9 Å². The topological polar surface area (TPSA) is 93.3 Å². The molecular weight excluding hydrogens is 369 g/mol. The largest absolute Gasteiger partial charge is 0.404 e. The van der Waals surface area contributed by atoms with E-state index in [2.05, 4.69) is 34.1 Å². The summed E-state index contributed by atoms with van der Waals surface area (Å²) in [5, 5.41) is 3.08. The molecule has 29 heavy (non-hydrogen) atoms. The highest BCUT2D eigenvalue weighted by molar-refractivity contribution is 6.04. The lowest BCUT2D eigenvalue weighted by Crippen LogP contribution is -2.46. The van der Waals surface area contributed by atoms with Gasteiger partial charge in [-0.15, -0.1) is 0 Å². The van der Waals surface area contributed by atoms with Crippen LogP contribution in [0.4, 0.5) is 10.1 Å². The van der Waals surface area contributed by atoms with Crippen molar-refractivity contribution in [2.24, 2.45) is 16.1 Å². The first-order valence-corrected chi connectivity index (χ1v) is 9.66. The molecule has 1 heterocycles. The molecule has 0 saturated heterocycles. The van der Waals surface area contributed by atoms with Gasteiger partial charge in [-0.05, 0) is 42.9 Å². The van der Waals surface area contributed by atoms with E-state index in [0.717, 1.165) is 23.4 Å². The summed E-state index contributed by atoms with van der Waals surface area (Å²) in [5.74, 6) is -0.420. The molecule has 3 N–H and O–H groups in total. The third-order valence-corrected chi connectivity index (χ3v) is 4.92. The van der Waals surface area contributed by atoms with Crippen LogP contribution in [0, 0.1) is 11.2 Å². The number of amides is 1. The van der Waals surface area contributed by atoms with E-state index in [1.54, 1.807) is 30.7 Å². The van der Waals surface area contributed by atoms with Gasteiger partial charge in [0.05, 0.1) is 17.4 Å². The minimum absolute atomic E-state index is 0.0807. The molecule has 6 nitrogen and oxygen atoms in total. The molecule has 1 aliphatic carbocycles. The summed E-state index contributed by atoms with van der Waals surface area (Å²) < 4.78 is 13.6. The van der Waals surface area contributed by atoms with Crippen molar-refractivity contribution in [2.75, 3.05) is 0 Å². The summed E-state index contributed by atoms with van der Waals surface area (Å²) in [6.07, 6.45) is 8.64. The van der Waals surface area contributed by atoms with Crippen molar-refractivity contribution in [2.45, 2.75) is 45.6 Å². The lowest BCUT2D eigenvalue weighted by molar-refractivity contribution is -0.121. The molecule has 0 radical (unpaired) electrons. The van der Waals surface area contributed by atoms with Crippen LogP contribution in [0.15, 0.2) is 59.6 Å². The Morgan fingerprint density at radius 3 is 2.93 bits per heavy atom. The maximum atomic E-state index is 13.6. The van der Waals surface area contributed by atoms with E-state index in [9.17, 15) is 9.18 Å². The quantitative estimate of drug-likeness (QED) is 0.811. The number of carbonyl (C=O) groups excluding carboxylic acids is 1. The van der Waals surface area contributed by atoms with Gasteiger partial charge in [0.25, 0.3) is 0 Å². The van der Waals surface area contributed by atoms with Crippen LogP contribution in [-0.4, -0.2) is 27.6 Å². The number of aliphatic imine (C=N–C) groups is 1. The van der Waals surface area contributed by atoms with E-state index in [4.69, 9.17) is 5.73 Å². The summed E-state index contributed by atoms with van der Waals surface area (Å²) in [6, 6.07) is 5.90. The Kier molecular flexibility index (Phi) is 6.36. The van der Waals surface area contributed by atoms with Gasteiger partial charge >= 0.3 is 0 Å². The predicted octanol–water partition coefficient (Wildman–Crippen LogP) is 3.47. The first-order valence-electron chi connectivity index (χ1n) is 9.66. The van der Waals surface area contributed by atoms with E-state index in [1.165, 1.54) is 18.3 Å². The molecule has 1 atom stereocenters. The fourth-order valence-corrected chi connectivity index (χ4v) is 3.61. The lowest BCUT2D eigenvalue weighted by atomic mass is 9.72. The van der Waals surface area contributed by atoms with Gasteiger partial charge < -0.3 is 11.1 Å². The summed E-state index contributed by atoms with van der Waals surface area (Å²) in [5.41, 5.74) is 8.68. The van der Waals surface area contributed by atoms with Crippen molar-refractivity contribution < 1.29 is 9.18 Å². The van der Waals surface area contributed by atoms with Crippen LogP contribution in [0.5, 0.6) is 0 Å². The van der Waals surface area contributed by atoms with E-state index in [-0.39, 0.29) is 23.2 Å². The number of rotatable bonds is 5. The Morgan fingerprint density at radius 1 is 1.41 bits per heavy atom. The second-order valence-electron chi connectivity index (χ2n) is 8.02. The van der Waals surface area contributed by atoms with Crippen LogP contribution in [0.3, 0.4) is 0 Å². The van der Waals surface area contributed by atoms with Gasteiger partial charge in [0.15, 0.2) is 0 Å². The van der Waals surface area contributed by atoms with Crippen LogP contribution >= 0.6 is 0 Å². The van der Waals surface area contributed by atoms with Crippen molar-refractivity contribution in [3.05, 3.63) is 66.1 Å². The zero-order valence-electron chi connectivity index (χ0n) is 16.7. The number of halogens is 1. The van der Waals surface area contributed by atoms with Crippen LogP contribution in [-0.2, 0) is 11.2 Å². The molecular formula is C22H26FN5O. The van der Waals surface area contributed by atoms with Crippen LogP contribution in [0.1, 0.15) is 38.8 Å². The molecule has 1 aromatic heterocycles. The van der Waals surface area contributed by atoms with Crippen molar-refractivity contribution in [1.82, 2.24) is 15.3 Å². The molecule has 152 valence electrons. The zero-order chi connectivity index (χ0) is 20.9. The number of carbonyl (C=O) groups is 1. The Bertz CT molecular complexity index is 924. The maximum Gasteiger partial charge on any atom is 0.220 e. The minimum Gasteiger partial charge on any atom is -0.404 e. The van der Waals surface area contributed by atoms with Crippen molar-refractivity contribution >= 4 is 17.3 Å². The number of nitrogens with one attached hydrogen (secondary N) is 1. The molecule has 3 rings (SSSR count). The summed E-state index contributed by atoms with van der Waals surface area (Å²) in [4.78, 5) is 25.4. The number of hydrogen-bond donors (Lipinski definition) is 2. The molecule has 1 amide bonds. The molecule has 7 heteroatoms. The number of nitrogens with zero attached hydrogens (tertiary/aromatic N) is 3. The van der Waals surface area contributed by atoms with E-state index < -0.39 is 0 Å². The average Bonchev–Trinajstić information content (AvgIpc) is 2.66. The third-order valence-electron chi connectivity index (χ3n) is 4.92. The molecule has 1 saturated carbocycles. The van der Waals surface area contributed by atoms with Gasteiger partial charge in [0, 0.05) is 42.5 Å². The number of aromatic nitrogens is 2. The van der Waals surface area contributed by atoms with Crippen molar-refractivity contribution in [3.63, 3.8) is 0 Å². The Hall–Kier alpha value is -3.09. The van der Waals surface area contributed by atoms with Gasteiger partial charge in [-0.1, -0.05) is 19.9 Å². The molecule has 1 fully saturated rings. The fourth-order valence-electron chi connectivity index (χ4n) is 3.61. The van der Waals surface area contributed by atoms with Crippen LogP contribution < -0.4 is 11.1 Å². The highest BCUT2D eigenvalue weighted by Crippen LogP contribution is 2.37. The highest BCUT2D eigenvalue weighted by Gasteiger charge is 2.36. The van der Waals surface area contributed by atoms with Gasteiger partial charge in [0.1, 0.15) is 5.82 Å². The molecule has 1 unspecified atom stereocenters. The second-order valence-corrected chi connectivity index (χ2v) is 8.02. The van der Waals surface area contributed by atoms with Gasteiger partial charge in [-0.3, -0.25) is 19.8 Å². The molecule has 0 aliphatic heterocycles. The number of hydrogen-bond acceptors (Lipinski definition) is 5. The maximum absolute atomic E-state index is 13.6. The molecule has 2 aromatic rings. The molecule has 1 aliphatic rings. The summed E-state index contributed by atoms with van der Waals surface area (Å²) in [7, 11) is 0. The fraction of sp³-hybridized carbons (Fsp3) is 0.364. The Morgan fingerprint density at radius 2 is 2.24 bits per heavy atom. The van der Waals surface area contributed by atoms with Gasteiger partial charge in [-0.25, -0.2) is 4.39 Å².